The summed E-state index contributed by atoms with van der Waals surface area (Å²) >= 11 is 1.57. The van der Waals surface area contributed by atoms with Gasteiger partial charge in [0.2, 0.25) is 23.7 Å². The molecule has 17 heteroatoms. The lowest BCUT2D eigenvalue weighted by Gasteiger charge is -2.35. The van der Waals surface area contributed by atoms with Gasteiger partial charge in [-0.25, -0.2) is 9.97 Å². The number of nitrogens with one attached hydrogen (secondary N) is 4. The van der Waals surface area contributed by atoms with Crippen LogP contribution in [0, 0.1) is 12.3 Å². The van der Waals surface area contributed by atoms with Crippen molar-refractivity contribution in [1.82, 2.24) is 45.4 Å². The summed E-state index contributed by atoms with van der Waals surface area (Å²) in [5.74, 6) is -0.164. The molecule has 4 aromatic heterocycles. The predicted octanol–water partition coefficient (Wildman–Crippen LogP) is 4.75. The minimum atomic E-state index is -0.954. The lowest BCUT2D eigenvalue weighted by molar-refractivity contribution is -0.144. The van der Waals surface area contributed by atoms with Gasteiger partial charge in [0, 0.05) is 49.8 Å². The van der Waals surface area contributed by atoms with Gasteiger partial charge in [-0.3, -0.25) is 23.6 Å². The fourth-order valence-corrected chi connectivity index (χ4v) is 7.91. The van der Waals surface area contributed by atoms with E-state index in [4.69, 9.17) is 4.42 Å². The van der Waals surface area contributed by atoms with Crippen LogP contribution in [0.3, 0.4) is 0 Å². The van der Waals surface area contributed by atoms with Crippen LogP contribution in [0.15, 0.2) is 89.4 Å². The van der Waals surface area contributed by atoms with Crippen molar-refractivity contribution in [3.05, 3.63) is 108 Å². The first kappa shape index (κ1) is 41.7. The zero-order chi connectivity index (χ0) is 42.4. The maximum Gasteiger partial charge on any atom is 0.251 e. The number of β-amino-alcohol motifs (C(OH)–C–C–N with tert-alkyl or cyclic N) is 1. The van der Waals surface area contributed by atoms with E-state index in [2.05, 4.69) is 41.4 Å². The van der Waals surface area contributed by atoms with Gasteiger partial charge in [0.1, 0.15) is 24.2 Å². The van der Waals surface area contributed by atoms with Gasteiger partial charge in [0.25, 0.3) is 5.91 Å². The summed E-state index contributed by atoms with van der Waals surface area (Å²) in [5, 5.41) is 30.8. The normalized spacial score (nSPS) is 15.8. The zero-order valence-electron chi connectivity index (χ0n) is 33.8. The number of anilines is 1. The molecule has 1 fully saturated rings. The van der Waals surface area contributed by atoms with Gasteiger partial charge in [-0.05, 0) is 59.7 Å². The van der Waals surface area contributed by atoms with Crippen molar-refractivity contribution in [2.75, 3.05) is 18.4 Å². The van der Waals surface area contributed by atoms with Crippen molar-refractivity contribution in [2.24, 2.45) is 5.41 Å². The van der Waals surface area contributed by atoms with Crippen molar-refractivity contribution in [2.45, 2.75) is 78.2 Å². The summed E-state index contributed by atoms with van der Waals surface area (Å²) in [7, 11) is 0. The van der Waals surface area contributed by atoms with Gasteiger partial charge in [-0.15, -0.1) is 21.5 Å². The van der Waals surface area contributed by atoms with Crippen LogP contribution in [0.5, 0.6) is 0 Å². The highest BCUT2D eigenvalue weighted by molar-refractivity contribution is 7.13. The number of hydrogen-bond acceptors (Lipinski definition) is 12. The molecule has 2 aromatic carbocycles. The topological polar surface area (TPSA) is 209 Å². The Morgan fingerprint density at radius 2 is 1.75 bits per heavy atom. The van der Waals surface area contributed by atoms with Crippen molar-refractivity contribution < 1.29 is 28.7 Å². The maximum atomic E-state index is 14.0. The fraction of sp³-hybridized carbons (Fsp3) is 0.349. The number of carbonyl (C=O) groups is 4. The first-order valence-corrected chi connectivity index (χ1v) is 20.6. The second-order valence-corrected chi connectivity index (χ2v) is 16.7. The van der Waals surface area contributed by atoms with Gasteiger partial charge < -0.3 is 35.7 Å². The van der Waals surface area contributed by atoms with Crippen LogP contribution < -0.4 is 21.3 Å². The summed E-state index contributed by atoms with van der Waals surface area (Å²) in [6.45, 7) is 8.37. The number of rotatable bonds is 15. The van der Waals surface area contributed by atoms with E-state index < -0.39 is 29.5 Å². The summed E-state index contributed by atoms with van der Waals surface area (Å²) < 4.78 is 7.13. The van der Waals surface area contributed by atoms with E-state index in [1.54, 1.807) is 46.7 Å². The highest BCUT2D eigenvalue weighted by atomic mass is 32.1. The van der Waals surface area contributed by atoms with Gasteiger partial charge in [-0.1, -0.05) is 57.2 Å². The van der Waals surface area contributed by atoms with Crippen LogP contribution in [0.1, 0.15) is 67.4 Å². The number of furan rings is 1. The molecular weight excluding hydrogens is 785 g/mol. The van der Waals surface area contributed by atoms with E-state index in [1.165, 1.54) is 4.90 Å². The van der Waals surface area contributed by atoms with E-state index >= 15 is 0 Å². The predicted molar refractivity (Wildman–Crippen MR) is 225 cm³/mol. The van der Waals surface area contributed by atoms with E-state index in [9.17, 15) is 24.3 Å². The van der Waals surface area contributed by atoms with Crippen LogP contribution in [-0.4, -0.2) is 89.5 Å². The molecule has 0 saturated carbocycles. The Morgan fingerprint density at radius 1 is 0.983 bits per heavy atom. The van der Waals surface area contributed by atoms with E-state index in [0.29, 0.717) is 30.1 Å². The largest absolute Gasteiger partial charge is 0.467 e. The number of aromatic nitrogens is 5. The SMILES string of the molecule is Cc1ncsc1-c1ccc(CNC(=O)[C@@H]2C[C@@H](O)CN2C(=O)C(NC(=O)CCCNC(=O)c2ccc(-c3cnc(NCc4ccco4)n4cnnc34)cc2)C(C)(C)C)cc1. The fourth-order valence-electron chi connectivity index (χ4n) is 7.10. The van der Waals surface area contributed by atoms with Crippen LogP contribution in [0.2, 0.25) is 0 Å². The molecule has 16 nitrogen and oxygen atoms in total. The Hall–Kier alpha value is -6.46. The summed E-state index contributed by atoms with van der Waals surface area (Å²) in [6.07, 6.45) is 4.48. The number of amides is 4. The van der Waals surface area contributed by atoms with Crippen molar-refractivity contribution in [3.63, 3.8) is 0 Å². The smallest absolute Gasteiger partial charge is 0.251 e. The Morgan fingerprint density at radius 3 is 2.45 bits per heavy atom. The maximum absolute atomic E-state index is 14.0. The monoisotopic (exact) mass is 832 g/mol. The average molecular weight is 833 g/mol. The standard InChI is InChI=1S/C43H48N10O6S/c1-26-36(60-25-48-26)29-11-9-27(10-12-29)20-45-40(57)34-19-31(54)23-52(34)41(58)37(43(2,3)4)50-35(55)8-5-17-44-39(56)30-15-13-28(14-16-30)33-22-47-42(53-24-49-51-38(33)53)46-21-32-7-6-18-59-32/h6-7,9-16,18,22,24-25,31,34,37,54H,5,8,17,19-21,23H2,1-4H3,(H,44,56)(H,45,57)(H,46,47)(H,50,55)/t31-,34+,37?/m1/s1. The molecule has 7 rings (SSSR count). The molecule has 4 amide bonds. The highest BCUT2D eigenvalue weighted by Gasteiger charge is 2.44. The van der Waals surface area contributed by atoms with E-state index in [1.807, 2.05) is 81.7 Å². The van der Waals surface area contributed by atoms with E-state index in [0.717, 1.165) is 38.6 Å². The molecule has 1 unspecified atom stereocenters. The minimum Gasteiger partial charge on any atom is -0.467 e. The second-order valence-electron chi connectivity index (χ2n) is 15.8. The third-order valence-electron chi connectivity index (χ3n) is 10.4. The lowest BCUT2D eigenvalue weighted by Crippen LogP contribution is -2.57. The van der Waals surface area contributed by atoms with E-state index in [-0.39, 0.29) is 50.2 Å². The molecule has 0 aliphatic carbocycles. The van der Waals surface area contributed by atoms with Gasteiger partial charge in [-0.2, -0.15) is 0 Å². The highest BCUT2D eigenvalue weighted by Crippen LogP contribution is 2.29. The molecule has 6 aromatic rings. The summed E-state index contributed by atoms with van der Waals surface area (Å²) in [4.78, 5) is 65.0. The molecule has 5 N–H and O–H groups in total. The Bertz CT molecular complexity index is 2440. The van der Waals surface area contributed by atoms with Crippen LogP contribution in [-0.2, 0) is 27.5 Å². The molecule has 1 aliphatic rings. The molecule has 0 bridgehead atoms. The Kier molecular flexibility index (Phi) is 12.7. The van der Waals surface area contributed by atoms with Gasteiger partial charge in [0.15, 0.2) is 5.65 Å². The third kappa shape index (κ3) is 9.69. The number of likely N-dealkylation sites (tertiary alicyclic amines) is 1. The molecular formula is C43H48N10O6S. The van der Waals surface area contributed by atoms with Crippen LogP contribution in [0.4, 0.5) is 5.95 Å². The first-order chi connectivity index (χ1) is 28.9. The van der Waals surface area contributed by atoms with Gasteiger partial charge in [0.05, 0.1) is 35.0 Å². The van der Waals surface area contributed by atoms with Crippen LogP contribution >= 0.6 is 11.3 Å². The summed E-state index contributed by atoms with van der Waals surface area (Å²) in [6, 6.07) is 16.7. The zero-order valence-corrected chi connectivity index (χ0v) is 34.7. The number of hydrogen-bond donors (Lipinski definition) is 5. The quantitative estimate of drug-likeness (QED) is 0.0893. The number of carbonyl (C=O) groups excluding carboxylic acids is 4. The van der Waals surface area contributed by atoms with Gasteiger partial charge >= 0.3 is 0 Å². The lowest BCUT2D eigenvalue weighted by atomic mass is 9.85. The van der Waals surface area contributed by atoms with Crippen molar-refractivity contribution in [1.29, 1.82) is 0 Å². The molecule has 3 atom stereocenters. The number of aliphatic hydroxyl groups is 1. The Balaban J connectivity index is 0.886. The second kappa shape index (κ2) is 18.2. The third-order valence-corrected chi connectivity index (χ3v) is 11.3. The molecule has 0 radical (unpaired) electrons. The Labute approximate surface area is 350 Å². The average Bonchev–Trinajstić information content (AvgIpc) is 4.08. The van der Waals surface area contributed by atoms with Crippen molar-refractivity contribution >= 4 is 46.6 Å². The number of thiazole rings is 1. The number of nitrogens with zero attached hydrogens (tertiary/aromatic N) is 6. The number of aryl methyl sites for hydroxylation is 1. The molecule has 0 spiro atoms. The molecule has 5 heterocycles. The van der Waals surface area contributed by atoms with Crippen LogP contribution in [0.25, 0.3) is 27.2 Å². The summed E-state index contributed by atoms with van der Waals surface area (Å²) in [5.41, 5.74) is 6.58. The molecule has 60 heavy (non-hydrogen) atoms. The molecule has 312 valence electrons. The van der Waals surface area contributed by atoms with Crippen molar-refractivity contribution in [3.8, 4) is 21.6 Å². The number of fused-ring (bicyclic) bond motifs is 1. The molecule has 1 saturated heterocycles. The first-order valence-electron chi connectivity index (χ1n) is 19.7. The molecule has 1 aliphatic heterocycles. The number of aliphatic hydroxyl groups excluding tert-OH is 1. The number of benzene rings is 2. The minimum absolute atomic E-state index is 0.0199.